The van der Waals surface area contributed by atoms with Gasteiger partial charge in [-0.25, -0.2) is 4.98 Å². The lowest BCUT2D eigenvalue weighted by Crippen LogP contribution is -2.26. The first-order valence-corrected chi connectivity index (χ1v) is 9.65. The van der Waals surface area contributed by atoms with Gasteiger partial charge >= 0.3 is 0 Å². The van der Waals surface area contributed by atoms with E-state index in [4.69, 9.17) is 0 Å². The lowest BCUT2D eigenvalue weighted by molar-refractivity contribution is -0.115. The molecule has 0 radical (unpaired) electrons. The van der Waals surface area contributed by atoms with Crippen LogP contribution in [-0.2, 0) is 30.5 Å². The van der Waals surface area contributed by atoms with Crippen molar-refractivity contribution in [3.05, 3.63) is 45.5 Å². The van der Waals surface area contributed by atoms with Crippen molar-refractivity contribution in [3.63, 3.8) is 0 Å². The molecule has 1 N–H and O–H groups in total. The second-order valence-corrected chi connectivity index (χ2v) is 8.92. The summed E-state index contributed by atoms with van der Waals surface area (Å²) in [5.74, 6) is 0.0682. The first-order chi connectivity index (χ1) is 11.9. The number of anilines is 1. The molecule has 25 heavy (non-hydrogen) atoms. The third-order valence-corrected chi connectivity index (χ3v) is 6.06. The molecule has 0 bridgehead atoms. The van der Waals surface area contributed by atoms with Crippen LogP contribution >= 0.6 is 11.3 Å². The molecule has 0 saturated heterocycles. The third-order valence-electron chi connectivity index (χ3n) is 5.01. The van der Waals surface area contributed by atoms with Gasteiger partial charge in [0.15, 0.2) is 10.9 Å². The van der Waals surface area contributed by atoms with Crippen LogP contribution in [0.1, 0.15) is 58.7 Å². The maximum Gasteiger partial charge on any atom is 0.230 e. The van der Waals surface area contributed by atoms with Crippen LogP contribution in [0.5, 0.6) is 0 Å². The number of Topliss-reactive ketones (excluding diaryl/α,β-unsaturated/α-hetero) is 1. The maximum atomic E-state index is 12.4. The molecule has 0 fully saturated rings. The van der Waals surface area contributed by atoms with Crippen LogP contribution in [0.3, 0.4) is 0 Å². The highest BCUT2D eigenvalue weighted by Crippen LogP contribution is 2.38. The van der Waals surface area contributed by atoms with E-state index in [1.807, 2.05) is 6.07 Å². The standard InChI is InChI=1S/C20H22N2O2S/c1-20(2)10-15-18(16(23)11-20)25-19(21-15)22-17(24)9-12-6-7-13-4-3-5-14(13)8-12/h6-8H,3-5,9-11H2,1-2H3,(H,21,22,24). The van der Waals surface area contributed by atoms with Crippen molar-refractivity contribution >= 4 is 28.2 Å². The van der Waals surface area contributed by atoms with Gasteiger partial charge in [-0.3, -0.25) is 9.59 Å². The number of carbonyl (C=O) groups is 2. The Kier molecular flexibility index (Phi) is 3.99. The highest BCUT2D eigenvalue weighted by Gasteiger charge is 2.34. The molecule has 4 rings (SSSR count). The highest BCUT2D eigenvalue weighted by atomic mass is 32.1. The number of rotatable bonds is 3. The Labute approximate surface area is 151 Å². The number of thiazole rings is 1. The third kappa shape index (κ3) is 3.38. The van der Waals surface area contributed by atoms with Gasteiger partial charge in [0.1, 0.15) is 0 Å². The number of aromatic nitrogens is 1. The number of nitrogens with zero attached hydrogens (tertiary/aromatic N) is 1. The number of fused-ring (bicyclic) bond motifs is 2. The van der Waals surface area contributed by atoms with Crippen LogP contribution in [-0.4, -0.2) is 16.7 Å². The van der Waals surface area contributed by atoms with Gasteiger partial charge in [0.25, 0.3) is 0 Å². The summed E-state index contributed by atoms with van der Waals surface area (Å²) in [5.41, 5.74) is 4.61. The van der Waals surface area contributed by atoms with E-state index in [0.717, 1.165) is 30.5 Å². The summed E-state index contributed by atoms with van der Waals surface area (Å²) in [4.78, 5) is 29.8. The number of ketones is 1. The fourth-order valence-electron chi connectivity index (χ4n) is 3.86. The van der Waals surface area contributed by atoms with Crippen molar-refractivity contribution in [2.45, 2.75) is 52.4 Å². The molecule has 4 nitrogen and oxygen atoms in total. The van der Waals surface area contributed by atoms with E-state index < -0.39 is 0 Å². The van der Waals surface area contributed by atoms with Gasteiger partial charge in [-0.2, -0.15) is 0 Å². The van der Waals surface area contributed by atoms with Gasteiger partial charge < -0.3 is 5.32 Å². The Morgan fingerprint density at radius 3 is 2.88 bits per heavy atom. The lowest BCUT2D eigenvalue weighted by Gasteiger charge is -2.26. The number of hydrogen-bond acceptors (Lipinski definition) is 4. The van der Waals surface area contributed by atoms with E-state index >= 15 is 0 Å². The van der Waals surface area contributed by atoms with Crippen molar-refractivity contribution < 1.29 is 9.59 Å². The summed E-state index contributed by atoms with van der Waals surface area (Å²) in [6.45, 7) is 4.17. The second kappa shape index (κ2) is 6.06. The van der Waals surface area contributed by atoms with E-state index in [9.17, 15) is 9.59 Å². The lowest BCUT2D eigenvalue weighted by atomic mass is 9.78. The molecular weight excluding hydrogens is 332 g/mol. The van der Waals surface area contributed by atoms with Crippen molar-refractivity contribution in [2.75, 3.05) is 5.32 Å². The Morgan fingerprint density at radius 2 is 2.04 bits per heavy atom. The molecule has 1 aromatic heterocycles. The van der Waals surface area contributed by atoms with Gasteiger partial charge in [0, 0.05) is 6.42 Å². The van der Waals surface area contributed by atoms with Gasteiger partial charge in [0.2, 0.25) is 5.91 Å². The van der Waals surface area contributed by atoms with Crippen LogP contribution in [0.2, 0.25) is 0 Å². The molecule has 1 amide bonds. The zero-order chi connectivity index (χ0) is 17.6. The van der Waals surface area contributed by atoms with Crippen molar-refractivity contribution in [1.29, 1.82) is 0 Å². The van der Waals surface area contributed by atoms with Crippen LogP contribution in [0.25, 0.3) is 0 Å². The van der Waals surface area contributed by atoms with E-state index in [1.54, 1.807) is 0 Å². The minimum absolute atomic E-state index is 0.0517. The first kappa shape index (κ1) is 16.5. The molecule has 0 aliphatic heterocycles. The second-order valence-electron chi connectivity index (χ2n) is 7.92. The molecule has 2 aliphatic carbocycles. The number of aryl methyl sites for hydroxylation is 2. The summed E-state index contributed by atoms with van der Waals surface area (Å²) in [7, 11) is 0. The Morgan fingerprint density at radius 1 is 1.24 bits per heavy atom. The van der Waals surface area contributed by atoms with Crippen LogP contribution < -0.4 is 5.32 Å². The molecule has 5 heteroatoms. The summed E-state index contributed by atoms with van der Waals surface area (Å²) in [6.07, 6.45) is 5.14. The molecule has 2 aromatic rings. The van der Waals surface area contributed by atoms with Gasteiger partial charge in [-0.1, -0.05) is 43.4 Å². The molecule has 0 atom stereocenters. The average Bonchev–Trinajstić information content (AvgIpc) is 3.11. The number of carbonyl (C=O) groups excluding carboxylic acids is 2. The summed E-state index contributed by atoms with van der Waals surface area (Å²) in [6, 6.07) is 6.34. The first-order valence-electron chi connectivity index (χ1n) is 8.83. The summed E-state index contributed by atoms with van der Waals surface area (Å²) < 4.78 is 0. The minimum atomic E-state index is -0.0734. The van der Waals surface area contributed by atoms with Crippen LogP contribution in [0.15, 0.2) is 18.2 Å². The zero-order valence-corrected chi connectivity index (χ0v) is 15.5. The van der Waals surface area contributed by atoms with Crippen LogP contribution in [0.4, 0.5) is 5.13 Å². The predicted octanol–water partition coefficient (Wildman–Crippen LogP) is 3.97. The van der Waals surface area contributed by atoms with E-state index in [-0.39, 0.29) is 17.1 Å². The Hall–Kier alpha value is -2.01. The van der Waals surface area contributed by atoms with Gasteiger partial charge in [-0.15, -0.1) is 0 Å². The van der Waals surface area contributed by atoms with E-state index in [0.29, 0.717) is 22.9 Å². The topological polar surface area (TPSA) is 59.1 Å². The van der Waals surface area contributed by atoms with E-state index in [2.05, 4.69) is 36.3 Å². The Bertz CT molecular complexity index is 867. The summed E-state index contributed by atoms with van der Waals surface area (Å²) >= 11 is 1.31. The van der Waals surface area contributed by atoms with Crippen LogP contribution in [0, 0.1) is 5.41 Å². The fourth-order valence-corrected chi connectivity index (χ4v) is 4.79. The van der Waals surface area contributed by atoms with Crippen molar-refractivity contribution in [3.8, 4) is 0 Å². The van der Waals surface area contributed by atoms with E-state index in [1.165, 1.54) is 28.9 Å². The number of hydrogen-bond donors (Lipinski definition) is 1. The smallest absolute Gasteiger partial charge is 0.230 e. The van der Waals surface area contributed by atoms with Gasteiger partial charge in [0.05, 0.1) is 17.0 Å². The molecule has 130 valence electrons. The molecule has 1 heterocycles. The molecule has 0 unspecified atom stereocenters. The van der Waals surface area contributed by atoms with Gasteiger partial charge in [-0.05, 0) is 47.8 Å². The average molecular weight is 354 g/mol. The fraction of sp³-hybridized carbons (Fsp3) is 0.450. The number of benzene rings is 1. The van der Waals surface area contributed by atoms with Crippen molar-refractivity contribution in [2.24, 2.45) is 5.41 Å². The highest BCUT2D eigenvalue weighted by molar-refractivity contribution is 7.17. The zero-order valence-electron chi connectivity index (χ0n) is 14.6. The maximum absolute atomic E-state index is 12.4. The summed E-state index contributed by atoms with van der Waals surface area (Å²) in [5, 5.41) is 3.42. The molecular formula is C20H22N2O2S. The number of nitrogens with one attached hydrogen (secondary N) is 1. The van der Waals surface area contributed by atoms with Crippen molar-refractivity contribution in [1.82, 2.24) is 4.98 Å². The quantitative estimate of drug-likeness (QED) is 0.907. The SMILES string of the molecule is CC1(C)CC(=O)c2sc(NC(=O)Cc3ccc4c(c3)CCC4)nc2C1. The molecule has 2 aliphatic rings. The monoisotopic (exact) mass is 354 g/mol. The molecule has 1 aromatic carbocycles. The normalized spacial score (nSPS) is 17.9. The minimum Gasteiger partial charge on any atom is -0.302 e. The Balaban J connectivity index is 1.46. The number of amides is 1. The predicted molar refractivity (Wildman–Crippen MR) is 99.3 cm³/mol. The largest absolute Gasteiger partial charge is 0.302 e. The molecule has 0 spiro atoms. The molecule has 0 saturated carbocycles.